The first-order valence-corrected chi connectivity index (χ1v) is 14.7. The van der Waals surface area contributed by atoms with E-state index >= 15 is 0 Å². The highest BCUT2D eigenvalue weighted by Crippen LogP contribution is 2.65. The highest BCUT2D eigenvalue weighted by molar-refractivity contribution is 6.00. The van der Waals surface area contributed by atoms with E-state index in [-0.39, 0.29) is 34.9 Å². The third-order valence-corrected chi connectivity index (χ3v) is 10.9. The largest absolute Gasteiger partial charge is 0.463 e. The summed E-state index contributed by atoms with van der Waals surface area (Å²) in [5, 5.41) is 10.4. The van der Waals surface area contributed by atoms with E-state index in [1.165, 1.54) is 24.5 Å². The predicted octanol–water partition coefficient (Wildman–Crippen LogP) is 6.27. The molecule has 0 bridgehead atoms. The van der Waals surface area contributed by atoms with Crippen LogP contribution in [0.15, 0.2) is 11.1 Å². The molecule has 5 nitrogen and oxygen atoms in total. The molecule has 0 aliphatic heterocycles. The fraction of sp³-hybridized carbons (Fsp3) is 0.871. The highest BCUT2D eigenvalue weighted by Gasteiger charge is 2.58. The fourth-order valence-corrected chi connectivity index (χ4v) is 8.67. The molecule has 8 atom stereocenters. The Labute approximate surface area is 218 Å². The number of aliphatic hydroxyl groups is 1. The lowest BCUT2D eigenvalue weighted by molar-refractivity contribution is -0.144. The first-order valence-electron chi connectivity index (χ1n) is 14.7. The SMILES string of the molecule is CC(=O)OCCO[C@H]1CC[C@@]2(C)[C@@H](CCC3=C4C(=O)C[C@H]([C@H](C)CCC(O)C(C)C)[C@@]4(C)CC[C@@H]32)C1. The Morgan fingerprint density at radius 3 is 2.53 bits per heavy atom. The number of carbonyl (C=O) groups is 2. The molecule has 3 saturated carbocycles. The minimum absolute atomic E-state index is 0.00530. The van der Waals surface area contributed by atoms with Crippen molar-refractivity contribution < 1.29 is 24.2 Å². The van der Waals surface area contributed by atoms with Crippen molar-refractivity contribution in [1.29, 1.82) is 0 Å². The molecule has 204 valence electrons. The third-order valence-electron chi connectivity index (χ3n) is 10.9. The summed E-state index contributed by atoms with van der Waals surface area (Å²) >= 11 is 0. The quantitative estimate of drug-likeness (QED) is 0.297. The van der Waals surface area contributed by atoms with E-state index in [0.717, 1.165) is 51.4 Å². The van der Waals surface area contributed by atoms with Gasteiger partial charge in [-0.1, -0.05) is 40.2 Å². The van der Waals surface area contributed by atoms with Crippen LogP contribution in [0.25, 0.3) is 0 Å². The number of rotatable bonds is 9. The van der Waals surface area contributed by atoms with Crippen LogP contribution in [0.3, 0.4) is 0 Å². The molecule has 0 aromatic carbocycles. The Morgan fingerprint density at radius 1 is 1.08 bits per heavy atom. The average molecular weight is 503 g/mol. The summed E-state index contributed by atoms with van der Waals surface area (Å²) in [5.74, 6) is 2.47. The summed E-state index contributed by atoms with van der Waals surface area (Å²) in [4.78, 5) is 24.6. The third kappa shape index (κ3) is 5.21. The van der Waals surface area contributed by atoms with Gasteiger partial charge in [-0.05, 0) is 98.2 Å². The van der Waals surface area contributed by atoms with Crippen LogP contribution in [0.5, 0.6) is 0 Å². The second-order valence-electron chi connectivity index (χ2n) is 13.4. The topological polar surface area (TPSA) is 72.8 Å². The van der Waals surface area contributed by atoms with Crippen LogP contribution in [-0.2, 0) is 19.1 Å². The molecule has 5 heteroatoms. The van der Waals surface area contributed by atoms with Crippen molar-refractivity contribution in [2.75, 3.05) is 13.2 Å². The van der Waals surface area contributed by atoms with Gasteiger partial charge in [-0.3, -0.25) is 9.59 Å². The zero-order valence-corrected chi connectivity index (χ0v) is 23.6. The number of esters is 1. The van der Waals surface area contributed by atoms with Crippen LogP contribution in [-0.4, -0.2) is 42.3 Å². The Balaban J connectivity index is 1.45. The molecule has 0 saturated heterocycles. The van der Waals surface area contributed by atoms with E-state index in [9.17, 15) is 14.7 Å². The monoisotopic (exact) mass is 502 g/mol. The maximum Gasteiger partial charge on any atom is 0.302 e. The van der Waals surface area contributed by atoms with Crippen molar-refractivity contribution in [2.45, 2.75) is 118 Å². The number of Topliss-reactive ketones (excluding diaryl/α,β-unsaturated/α-hetero) is 1. The summed E-state index contributed by atoms with van der Waals surface area (Å²) in [6.45, 7) is 13.6. The lowest BCUT2D eigenvalue weighted by atomic mass is 9.48. The van der Waals surface area contributed by atoms with Crippen molar-refractivity contribution in [3.05, 3.63) is 11.1 Å². The standard InChI is InChI=1S/C31H50O5/c1-19(2)27(33)10-7-20(3)26-18-28(34)29-24-9-8-22-17-23(36-16-15-35-21(4)32)11-13-30(22,5)25(24)12-14-31(26,29)6/h19-20,22-23,25-27,33H,7-18H2,1-6H3/t20-,22+,23+,25+,26-,27?,30+,31-/m1/s1. The van der Waals surface area contributed by atoms with E-state index in [4.69, 9.17) is 9.47 Å². The molecule has 1 N–H and O–H groups in total. The molecule has 1 unspecified atom stereocenters. The molecule has 0 amide bonds. The van der Waals surface area contributed by atoms with E-state index in [0.29, 0.717) is 49.1 Å². The summed E-state index contributed by atoms with van der Waals surface area (Å²) in [6, 6.07) is 0. The number of carbonyl (C=O) groups excluding carboxylic acids is 2. The van der Waals surface area contributed by atoms with Gasteiger partial charge in [0, 0.05) is 18.9 Å². The number of allylic oxidation sites excluding steroid dienone is 2. The van der Waals surface area contributed by atoms with Gasteiger partial charge in [-0.2, -0.15) is 0 Å². The molecule has 4 aliphatic carbocycles. The van der Waals surface area contributed by atoms with Crippen LogP contribution >= 0.6 is 0 Å². The summed E-state index contributed by atoms with van der Waals surface area (Å²) < 4.78 is 11.1. The van der Waals surface area contributed by atoms with Gasteiger partial charge in [0.25, 0.3) is 0 Å². The van der Waals surface area contributed by atoms with E-state index in [1.807, 2.05) is 0 Å². The van der Waals surface area contributed by atoms with E-state index in [1.54, 1.807) is 0 Å². The fourth-order valence-electron chi connectivity index (χ4n) is 8.67. The van der Waals surface area contributed by atoms with Gasteiger partial charge in [-0.25, -0.2) is 0 Å². The van der Waals surface area contributed by atoms with Gasteiger partial charge in [0.2, 0.25) is 0 Å². The van der Waals surface area contributed by atoms with Crippen molar-refractivity contribution in [2.24, 2.45) is 40.4 Å². The molecule has 3 fully saturated rings. The van der Waals surface area contributed by atoms with Crippen molar-refractivity contribution in [3.63, 3.8) is 0 Å². The van der Waals surface area contributed by atoms with Crippen molar-refractivity contribution in [3.8, 4) is 0 Å². The lowest BCUT2D eigenvalue weighted by Crippen LogP contribution is -2.49. The molecular weight excluding hydrogens is 452 g/mol. The molecule has 4 aliphatic rings. The Morgan fingerprint density at radius 2 is 1.83 bits per heavy atom. The van der Waals surface area contributed by atoms with Gasteiger partial charge in [0.15, 0.2) is 5.78 Å². The van der Waals surface area contributed by atoms with Crippen molar-refractivity contribution >= 4 is 11.8 Å². The number of ether oxygens (including phenoxy) is 2. The van der Waals surface area contributed by atoms with E-state index in [2.05, 4.69) is 34.6 Å². The number of fused-ring (bicyclic) bond motifs is 4. The molecule has 0 heterocycles. The van der Waals surface area contributed by atoms with Gasteiger partial charge in [0.1, 0.15) is 6.61 Å². The second kappa shape index (κ2) is 10.9. The molecule has 36 heavy (non-hydrogen) atoms. The van der Waals surface area contributed by atoms with Crippen LogP contribution in [0.4, 0.5) is 0 Å². The minimum Gasteiger partial charge on any atom is -0.463 e. The first kappa shape index (κ1) is 27.8. The highest BCUT2D eigenvalue weighted by atomic mass is 16.6. The average Bonchev–Trinajstić information content (AvgIpc) is 3.10. The summed E-state index contributed by atoms with van der Waals surface area (Å²) in [7, 11) is 0. The summed E-state index contributed by atoms with van der Waals surface area (Å²) in [5.41, 5.74) is 2.99. The van der Waals surface area contributed by atoms with Crippen LogP contribution in [0.1, 0.15) is 106 Å². The molecule has 0 aromatic heterocycles. The first-order chi connectivity index (χ1) is 17.0. The molecule has 0 radical (unpaired) electrons. The van der Waals surface area contributed by atoms with E-state index < -0.39 is 0 Å². The zero-order chi connectivity index (χ0) is 26.3. The van der Waals surface area contributed by atoms with Gasteiger partial charge >= 0.3 is 5.97 Å². The van der Waals surface area contributed by atoms with Gasteiger partial charge in [0.05, 0.1) is 18.8 Å². The van der Waals surface area contributed by atoms with Crippen molar-refractivity contribution in [1.82, 2.24) is 0 Å². The number of hydrogen-bond donors (Lipinski definition) is 1. The summed E-state index contributed by atoms with van der Waals surface area (Å²) in [6.07, 6.45) is 10.3. The number of ketones is 1. The Bertz CT molecular complexity index is 861. The predicted molar refractivity (Wildman–Crippen MR) is 141 cm³/mol. The maximum absolute atomic E-state index is 13.6. The molecular formula is C31H50O5. The normalized spacial score (nSPS) is 37.8. The zero-order valence-electron chi connectivity index (χ0n) is 23.6. The van der Waals surface area contributed by atoms with Crippen LogP contribution < -0.4 is 0 Å². The molecule has 4 rings (SSSR count). The molecule has 0 aromatic rings. The second-order valence-corrected chi connectivity index (χ2v) is 13.4. The molecule has 0 spiro atoms. The van der Waals surface area contributed by atoms with Gasteiger partial charge < -0.3 is 14.6 Å². The number of aliphatic hydroxyl groups excluding tert-OH is 1. The Hall–Kier alpha value is -1.20. The Kier molecular flexibility index (Phi) is 8.41. The minimum atomic E-state index is -0.252. The lowest BCUT2D eigenvalue weighted by Gasteiger charge is -2.56. The number of hydrogen-bond acceptors (Lipinski definition) is 5. The smallest absolute Gasteiger partial charge is 0.302 e. The van der Waals surface area contributed by atoms with Crippen LogP contribution in [0, 0.1) is 40.4 Å². The van der Waals surface area contributed by atoms with Gasteiger partial charge in [-0.15, -0.1) is 0 Å². The maximum atomic E-state index is 13.6. The van der Waals surface area contributed by atoms with Crippen LogP contribution in [0.2, 0.25) is 0 Å².